The smallest absolute Gasteiger partial charge is 0.298 e. The molecule has 0 radical (unpaired) electrons. The average Bonchev–Trinajstić information content (AvgIpc) is 3.10. The van der Waals surface area contributed by atoms with Crippen molar-refractivity contribution >= 4 is 39.0 Å². The maximum atomic E-state index is 12.7. The summed E-state index contributed by atoms with van der Waals surface area (Å²) in [6.45, 7) is 0. The Morgan fingerprint density at radius 3 is 2.32 bits per heavy atom. The maximum absolute atomic E-state index is 12.7. The van der Waals surface area contributed by atoms with E-state index in [-0.39, 0.29) is 16.0 Å². The monoisotopic (exact) mass is 351 g/mol. The first-order valence-corrected chi connectivity index (χ1v) is 8.19. The number of hydrogen-bond acceptors (Lipinski definition) is 5. The van der Waals surface area contributed by atoms with E-state index in [1.54, 1.807) is 6.08 Å². The molecule has 7 heteroatoms. The molecule has 0 spiro atoms. The van der Waals surface area contributed by atoms with Gasteiger partial charge >= 0.3 is 5.00 Å². The molecule has 0 bridgehead atoms. The number of benzene rings is 2. The van der Waals surface area contributed by atoms with E-state index < -0.39 is 4.92 Å². The molecule has 1 amide bonds. The van der Waals surface area contributed by atoms with E-state index in [0.29, 0.717) is 5.57 Å². The third-order valence-corrected chi connectivity index (χ3v) is 4.20. The van der Waals surface area contributed by atoms with Crippen LogP contribution in [0.25, 0.3) is 11.6 Å². The molecule has 2 aromatic carbocycles. The molecule has 124 valence electrons. The van der Waals surface area contributed by atoms with Gasteiger partial charge in [-0.25, -0.2) is 4.98 Å². The van der Waals surface area contributed by atoms with Crippen LogP contribution in [0.4, 0.5) is 10.1 Å². The fourth-order valence-electron chi connectivity index (χ4n) is 2.19. The number of thiazole rings is 1. The summed E-state index contributed by atoms with van der Waals surface area (Å²) in [6, 6.07) is 18.7. The van der Waals surface area contributed by atoms with Gasteiger partial charge in [0.05, 0.1) is 4.92 Å². The normalized spacial score (nSPS) is 11.1. The zero-order valence-corrected chi connectivity index (χ0v) is 13.8. The van der Waals surface area contributed by atoms with Crippen molar-refractivity contribution in [3.63, 3.8) is 0 Å². The Bertz CT molecular complexity index is 921. The molecule has 0 aliphatic carbocycles. The molecule has 1 aromatic heterocycles. The Kier molecular flexibility index (Phi) is 4.96. The van der Waals surface area contributed by atoms with Gasteiger partial charge in [0.2, 0.25) is 0 Å². The second-order valence-electron chi connectivity index (χ2n) is 5.05. The highest BCUT2D eigenvalue weighted by molar-refractivity contribution is 7.18. The van der Waals surface area contributed by atoms with Crippen molar-refractivity contribution in [3.8, 4) is 0 Å². The minimum atomic E-state index is -0.536. The first kappa shape index (κ1) is 16.5. The van der Waals surface area contributed by atoms with Gasteiger partial charge in [-0.2, -0.15) is 0 Å². The first-order chi connectivity index (χ1) is 12.1. The van der Waals surface area contributed by atoms with Crippen LogP contribution in [0.3, 0.4) is 0 Å². The van der Waals surface area contributed by atoms with E-state index in [0.717, 1.165) is 28.7 Å². The van der Waals surface area contributed by atoms with Crippen molar-refractivity contribution in [2.45, 2.75) is 0 Å². The van der Waals surface area contributed by atoms with Crippen LogP contribution in [0.15, 0.2) is 66.9 Å². The van der Waals surface area contributed by atoms with Gasteiger partial charge in [-0.05, 0) is 28.5 Å². The topological polar surface area (TPSA) is 85.1 Å². The molecule has 0 fully saturated rings. The quantitative estimate of drug-likeness (QED) is 0.323. The molecule has 25 heavy (non-hydrogen) atoms. The fourth-order valence-corrected chi connectivity index (χ4v) is 2.81. The average molecular weight is 351 g/mol. The lowest BCUT2D eigenvalue weighted by Crippen LogP contribution is -2.13. The summed E-state index contributed by atoms with van der Waals surface area (Å²) in [6.07, 6.45) is 2.90. The van der Waals surface area contributed by atoms with Gasteiger partial charge in [0.25, 0.3) is 5.91 Å². The van der Waals surface area contributed by atoms with Gasteiger partial charge in [-0.1, -0.05) is 60.7 Å². The van der Waals surface area contributed by atoms with Gasteiger partial charge in [0.15, 0.2) is 5.13 Å². The van der Waals surface area contributed by atoms with Gasteiger partial charge < -0.3 is 0 Å². The molecular weight excluding hydrogens is 338 g/mol. The van der Waals surface area contributed by atoms with Crippen molar-refractivity contribution in [1.82, 2.24) is 4.98 Å². The second kappa shape index (κ2) is 7.50. The number of rotatable bonds is 5. The number of aromatic nitrogens is 1. The summed E-state index contributed by atoms with van der Waals surface area (Å²) in [7, 11) is 0. The summed E-state index contributed by atoms with van der Waals surface area (Å²) < 4.78 is 0. The van der Waals surface area contributed by atoms with Gasteiger partial charge in [-0.3, -0.25) is 20.2 Å². The van der Waals surface area contributed by atoms with Crippen molar-refractivity contribution in [2.75, 3.05) is 5.32 Å². The molecule has 0 unspecified atom stereocenters. The lowest BCUT2D eigenvalue weighted by molar-refractivity contribution is -0.380. The van der Waals surface area contributed by atoms with E-state index in [1.807, 2.05) is 60.7 Å². The minimum Gasteiger partial charge on any atom is -0.298 e. The third-order valence-electron chi connectivity index (χ3n) is 3.33. The van der Waals surface area contributed by atoms with Crippen LogP contribution in [0.5, 0.6) is 0 Å². The molecule has 1 heterocycles. The van der Waals surface area contributed by atoms with Gasteiger partial charge in [0.1, 0.15) is 6.20 Å². The highest BCUT2D eigenvalue weighted by atomic mass is 32.1. The molecule has 0 atom stereocenters. The summed E-state index contributed by atoms with van der Waals surface area (Å²) in [5.74, 6) is -0.376. The molecule has 6 nitrogen and oxygen atoms in total. The van der Waals surface area contributed by atoms with Crippen LogP contribution < -0.4 is 5.32 Å². The lowest BCUT2D eigenvalue weighted by Gasteiger charge is -2.08. The largest absolute Gasteiger partial charge is 0.345 e. The number of nitro groups is 1. The molecule has 0 aliphatic rings. The molecule has 3 aromatic rings. The zero-order valence-electron chi connectivity index (χ0n) is 13.0. The van der Waals surface area contributed by atoms with E-state index in [2.05, 4.69) is 10.3 Å². The Balaban J connectivity index is 1.92. The van der Waals surface area contributed by atoms with Gasteiger partial charge in [0, 0.05) is 5.57 Å². The molecular formula is C18H13N3O3S. The van der Waals surface area contributed by atoms with E-state index in [9.17, 15) is 14.9 Å². The number of carbonyl (C=O) groups excluding carboxylic acids is 1. The molecule has 0 aliphatic heterocycles. The van der Waals surface area contributed by atoms with Crippen LogP contribution in [-0.2, 0) is 4.79 Å². The highest BCUT2D eigenvalue weighted by Gasteiger charge is 2.17. The molecule has 0 saturated heterocycles. The number of amides is 1. The number of carbonyl (C=O) groups is 1. The first-order valence-electron chi connectivity index (χ1n) is 7.37. The minimum absolute atomic E-state index is 0.122. The predicted molar refractivity (Wildman–Crippen MR) is 98.2 cm³/mol. The van der Waals surface area contributed by atoms with Crippen LogP contribution in [0, 0.1) is 10.1 Å². The van der Waals surface area contributed by atoms with Crippen LogP contribution in [-0.4, -0.2) is 15.8 Å². The Morgan fingerprint density at radius 1 is 1.08 bits per heavy atom. The number of anilines is 1. The van der Waals surface area contributed by atoms with Crippen molar-refractivity contribution < 1.29 is 9.72 Å². The van der Waals surface area contributed by atoms with E-state index in [4.69, 9.17) is 0 Å². The highest BCUT2D eigenvalue weighted by Crippen LogP contribution is 2.27. The molecule has 3 rings (SSSR count). The number of nitrogens with one attached hydrogen (secondary N) is 1. The second-order valence-corrected chi connectivity index (χ2v) is 6.06. The van der Waals surface area contributed by atoms with Crippen LogP contribution in [0.1, 0.15) is 11.1 Å². The van der Waals surface area contributed by atoms with Gasteiger partial charge in [-0.15, -0.1) is 0 Å². The number of nitrogens with zero attached hydrogens (tertiary/aromatic N) is 2. The van der Waals surface area contributed by atoms with Crippen molar-refractivity contribution in [3.05, 3.63) is 88.1 Å². The van der Waals surface area contributed by atoms with Crippen molar-refractivity contribution in [1.29, 1.82) is 0 Å². The summed E-state index contributed by atoms with van der Waals surface area (Å²) in [4.78, 5) is 26.8. The van der Waals surface area contributed by atoms with E-state index in [1.165, 1.54) is 0 Å². The van der Waals surface area contributed by atoms with Crippen LogP contribution in [0.2, 0.25) is 0 Å². The summed E-state index contributed by atoms with van der Waals surface area (Å²) in [5, 5.41) is 13.4. The third kappa shape index (κ3) is 4.15. The SMILES string of the molecule is O=C(Nc1ncc([N+](=O)[O-])s1)C(=Cc1ccccc1)c1ccccc1. The Labute approximate surface area is 147 Å². The molecule has 0 saturated carbocycles. The maximum Gasteiger partial charge on any atom is 0.345 e. The van der Waals surface area contributed by atoms with E-state index >= 15 is 0 Å². The Morgan fingerprint density at radius 2 is 1.72 bits per heavy atom. The zero-order chi connectivity index (χ0) is 17.6. The Hall–Kier alpha value is -3.32. The molecule has 1 N–H and O–H groups in total. The summed E-state index contributed by atoms with van der Waals surface area (Å²) >= 11 is 0.819. The lowest BCUT2D eigenvalue weighted by atomic mass is 10.0. The standard InChI is InChI=1S/C18H13N3O3S/c22-17(20-18-19-12-16(25-18)21(23)24)15(14-9-5-2-6-10-14)11-13-7-3-1-4-8-13/h1-12H,(H,19,20,22). The van der Waals surface area contributed by atoms with Crippen LogP contribution >= 0.6 is 11.3 Å². The fraction of sp³-hybridized carbons (Fsp3) is 0. The van der Waals surface area contributed by atoms with Crippen molar-refractivity contribution in [2.24, 2.45) is 0 Å². The number of hydrogen-bond donors (Lipinski definition) is 1. The summed E-state index contributed by atoms with van der Waals surface area (Å²) in [5.41, 5.74) is 2.07. The predicted octanol–water partition coefficient (Wildman–Crippen LogP) is 4.23.